The fourth-order valence-electron chi connectivity index (χ4n) is 2.35. The van der Waals surface area contributed by atoms with Crippen LogP contribution >= 0.6 is 0 Å². The predicted molar refractivity (Wildman–Crippen MR) is 103 cm³/mol. The van der Waals surface area contributed by atoms with Gasteiger partial charge in [-0.05, 0) is 60.6 Å². The highest BCUT2D eigenvalue weighted by molar-refractivity contribution is 5.77. The first-order chi connectivity index (χ1) is 12.7. The van der Waals surface area contributed by atoms with Crippen LogP contribution in [0.4, 0.5) is 9.59 Å². The van der Waals surface area contributed by atoms with Gasteiger partial charge in [0, 0.05) is 6.20 Å². The van der Waals surface area contributed by atoms with E-state index in [0.717, 1.165) is 9.25 Å². The van der Waals surface area contributed by atoms with Gasteiger partial charge in [0.25, 0.3) is 0 Å². The Bertz CT molecular complexity index is 979. The summed E-state index contributed by atoms with van der Waals surface area (Å²) in [5.41, 5.74) is -1.77. The third-order valence-corrected chi connectivity index (χ3v) is 3.41. The van der Waals surface area contributed by atoms with E-state index in [-0.39, 0.29) is 11.5 Å². The normalized spacial score (nSPS) is 12.0. The molecule has 0 radical (unpaired) electrons. The molecule has 0 spiro atoms. The van der Waals surface area contributed by atoms with Gasteiger partial charge in [-0.25, -0.2) is 14.4 Å². The van der Waals surface area contributed by atoms with Crippen LogP contribution in [-0.2, 0) is 9.47 Å². The maximum atomic E-state index is 12.7. The lowest BCUT2D eigenvalue weighted by Gasteiger charge is -2.20. The summed E-state index contributed by atoms with van der Waals surface area (Å²) in [7, 11) is 0. The number of carbonyl (C=O) groups excluding carboxylic acids is 2. The first kappa shape index (κ1) is 21.2. The molecule has 0 bridgehead atoms. The minimum Gasteiger partial charge on any atom is -0.443 e. The van der Waals surface area contributed by atoms with Crippen LogP contribution in [0.25, 0.3) is 5.70 Å². The summed E-state index contributed by atoms with van der Waals surface area (Å²) in [5.74, 6) is 0.135. The van der Waals surface area contributed by atoms with E-state index in [4.69, 9.17) is 9.47 Å². The molecule has 9 nitrogen and oxygen atoms in total. The summed E-state index contributed by atoms with van der Waals surface area (Å²) in [6, 6.07) is 3.22. The molecule has 2 rings (SSSR count). The number of aromatic nitrogens is 4. The molecule has 0 aliphatic heterocycles. The van der Waals surface area contributed by atoms with Gasteiger partial charge >= 0.3 is 17.9 Å². The lowest BCUT2D eigenvalue weighted by molar-refractivity contribution is 0.0518. The molecule has 0 unspecified atom stereocenters. The molecule has 0 atom stereocenters. The summed E-state index contributed by atoms with van der Waals surface area (Å²) in [6.45, 7) is 15.7. The van der Waals surface area contributed by atoms with E-state index in [1.54, 1.807) is 53.7 Å². The van der Waals surface area contributed by atoms with Crippen LogP contribution in [0, 0.1) is 6.92 Å². The highest BCUT2D eigenvalue weighted by Crippen LogP contribution is 2.17. The molecule has 0 saturated carbocycles. The second-order valence-corrected chi connectivity index (χ2v) is 8.25. The van der Waals surface area contributed by atoms with Gasteiger partial charge in [-0.1, -0.05) is 6.58 Å². The minimum absolute atomic E-state index is 0.117. The molecule has 0 N–H and O–H groups in total. The van der Waals surface area contributed by atoms with Crippen LogP contribution in [0.15, 0.2) is 29.7 Å². The van der Waals surface area contributed by atoms with Crippen LogP contribution in [-0.4, -0.2) is 42.3 Å². The van der Waals surface area contributed by atoms with E-state index in [9.17, 15) is 14.4 Å². The van der Waals surface area contributed by atoms with Crippen molar-refractivity contribution >= 4 is 17.9 Å². The Hall–Kier alpha value is -3.10. The van der Waals surface area contributed by atoms with Crippen molar-refractivity contribution in [3.8, 4) is 0 Å². The van der Waals surface area contributed by atoms with Crippen molar-refractivity contribution in [1.29, 1.82) is 0 Å². The van der Waals surface area contributed by atoms with Crippen molar-refractivity contribution in [3.63, 3.8) is 0 Å². The Kier molecular flexibility index (Phi) is 5.41. The molecule has 2 aromatic heterocycles. The van der Waals surface area contributed by atoms with Gasteiger partial charge in [0.1, 0.15) is 17.0 Å². The van der Waals surface area contributed by atoms with Crippen molar-refractivity contribution in [2.24, 2.45) is 0 Å². The topological polar surface area (TPSA) is 97.3 Å². The Morgan fingerprint density at radius 1 is 1.04 bits per heavy atom. The number of nitrogens with zero attached hydrogens (tertiary/aromatic N) is 4. The third-order valence-electron chi connectivity index (χ3n) is 3.41. The molecule has 0 amide bonds. The lowest BCUT2D eigenvalue weighted by Crippen LogP contribution is -2.35. The van der Waals surface area contributed by atoms with Gasteiger partial charge in [-0.2, -0.15) is 9.25 Å². The maximum absolute atomic E-state index is 12.7. The number of carbonyl (C=O) groups is 2. The zero-order valence-corrected chi connectivity index (χ0v) is 17.3. The summed E-state index contributed by atoms with van der Waals surface area (Å²) < 4.78 is 13.6. The van der Waals surface area contributed by atoms with Crippen LogP contribution in [0.5, 0.6) is 0 Å². The fourth-order valence-corrected chi connectivity index (χ4v) is 2.35. The fraction of sp³-hybridized carbons (Fsp3) is 0.474. The molecule has 28 heavy (non-hydrogen) atoms. The van der Waals surface area contributed by atoms with E-state index in [0.29, 0.717) is 5.69 Å². The van der Waals surface area contributed by atoms with E-state index < -0.39 is 29.1 Å². The van der Waals surface area contributed by atoms with Crippen LogP contribution in [0.1, 0.15) is 53.1 Å². The quantitative estimate of drug-likeness (QED) is 0.781. The van der Waals surface area contributed by atoms with Crippen LogP contribution in [0.2, 0.25) is 0 Å². The number of rotatable bonds is 2. The first-order valence-electron chi connectivity index (χ1n) is 8.73. The molecule has 0 aliphatic carbocycles. The Labute approximate surface area is 163 Å². The largest absolute Gasteiger partial charge is 0.443 e. The average molecular weight is 390 g/mol. The van der Waals surface area contributed by atoms with Crippen LogP contribution < -0.4 is 5.69 Å². The number of hydrogen-bond donors (Lipinski definition) is 0. The first-order valence-corrected chi connectivity index (χ1v) is 8.73. The van der Waals surface area contributed by atoms with E-state index in [1.165, 1.54) is 17.7 Å². The molecular weight excluding hydrogens is 364 g/mol. The predicted octanol–water partition coefficient (Wildman–Crippen LogP) is 3.24. The van der Waals surface area contributed by atoms with Crippen molar-refractivity contribution in [3.05, 3.63) is 46.9 Å². The molecule has 0 saturated heterocycles. The average Bonchev–Trinajstić information content (AvgIpc) is 3.08. The number of ether oxygens (including phenoxy) is 2. The van der Waals surface area contributed by atoms with Crippen molar-refractivity contribution in [1.82, 2.24) is 18.9 Å². The highest BCUT2D eigenvalue weighted by Gasteiger charge is 2.26. The van der Waals surface area contributed by atoms with Crippen molar-refractivity contribution in [2.75, 3.05) is 0 Å². The standard InChI is InChI=1S/C19H26N4O5/c1-12(14-10-9-11-21(14)16(25)27-18(3,4)5)23-15(24)22(13(2)20-23)17(26)28-19(6,7)8/h9-11H,1H2,2-8H3. The van der Waals surface area contributed by atoms with E-state index >= 15 is 0 Å². The summed E-state index contributed by atoms with van der Waals surface area (Å²) in [4.78, 5) is 37.5. The van der Waals surface area contributed by atoms with Crippen LogP contribution in [0.3, 0.4) is 0 Å². The van der Waals surface area contributed by atoms with Gasteiger partial charge in [0.2, 0.25) is 0 Å². The second kappa shape index (κ2) is 7.14. The molecule has 2 heterocycles. The summed E-state index contributed by atoms with van der Waals surface area (Å²) in [6.07, 6.45) is 0.0405. The Morgan fingerprint density at radius 3 is 2.11 bits per heavy atom. The van der Waals surface area contributed by atoms with E-state index in [2.05, 4.69) is 11.7 Å². The summed E-state index contributed by atoms with van der Waals surface area (Å²) >= 11 is 0. The van der Waals surface area contributed by atoms with Gasteiger partial charge in [0.05, 0.1) is 11.4 Å². The zero-order valence-electron chi connectivity index (χ0n) is 17.3. The van der Waals surface area contributed by atoms with Crippen molar-refractivity contribution in [2.45, 2.75) is 59.7 Å². The van der Waals surface area contributed by atoms with Gasteiger partial charge in [0.15, 0.2) is 0 Å². The smallest absolute Gasteiger partial charge is 0.424 e. The summed E-state index contributed by atoms with van der Waals surface area (Å²) in [5, 5.41) is 4.09. The molecule has 152 valence electrons. The lowest BCUT2D eigenvalue weighted by atomic mass is 10.2. The molecule has 2 aromatic rings. The molecule has 9 heteroatoms. The molecular formula is C19H26N4O5. The SMILES string of the molecule is C=C(c1cccn1C(=O)OC(C)(C)C)n1nc(C)n(C(=O)OC(C)(C)C)c1=O. The van der Waals surface area contributed by atoms with Gasteiger partial charge in [-0.3, -0.25) is 4.57 Å². The Morgan fingerprint density at radius 2 is 1.57 bits per heavy atom. The monoisotopic (exact) mass is 390 g/mol. The molecule has 0 aromatic carbocycles. The third kappa shape index (κ3) is 4.59. The number of aryl methyl sites for hydroxylation is 1. The maximum Gasteiger partial charge on any atom is 0.424 e. The van der Waals surface area contributed by atoms with Gasteiger partial charge in [-0.15, -0.1) is 5.10 Å². The highest BCUT2D eigenvalue weighted by atomic mass is 16.6. The Balaban J connectivity index is 2.42. The second-order valence-electron chi connectivity index (χ2n) is 8.25. The van der Waals surface area contributed by atoms with Gasteiger partial charge < -0.3 is 9.47 Å². The zero-order chi connectivity index (χ0) is 21.4. The minimum atomic E-state index is -0.837. The molecule has 0 aliphatic rings. The van der Waals surface area contributed by atoms with E-state index in [1.807, 2.05) is 0 Å². The molecule has 0 fully saturated rings. The van der Waals surface area contributed by atoms with Crippen molar-refractivity contribution < 1.29 is 19.1 Å². The number of hydrogen-bond acceptors (Lipinski definition) is 6.